The van der Waals surface area contributed by atoms with Gasteiger partial charge in [-0.25, -0.2) is 0 Å². The zero-order valence-electron chi connectivity index (χ0n) is 12.8. The summed E-state index contributed by atoms with van der Waals surface area (Å²) in [7, 11) is 0. The molecule has 0 bridgehead atoms. The predicted octanol–water partition coefficient (Wildman–Crippen LogP) is 4.60. The zero-order valence-corrected chi connectivity index (χ0v) is 14.4. The molecule has 19 heavy (non-hydrogen) atoms. The molecular weight excluding hydrogens is 300 g/mol. The minimum Gasteiger partial charge on any atom is -0.371 e. The monoisotopic (exact) mass is 326 g/mol. The lowest BCUT2D eigenvalue weighted by Gasteiger charge is -2.29. The second-order valence-corrected chi connectivity index (χ2v) is 6.33. The van der Waals surface area contributed by atoms with E-state index < -0.39 is 0 Å². The van der Waals surface area contributed by atoms with Crippen LogP contribution in [-0.4, -0.2) is 19.6 Å². The van der Waals surface area contributed by atoms with Crippen molar-refractivity contribution in [2.75, 3.05) is 24.5 Å². The molecule has 1 N–H and O–H groups in total. The Morgan fingerprint density at radius 1 is 1.21 bits per heavy atom. The molecule has 0 heterocycles. The van der Waals surface area contributed by atoms with E-state index in [4.69, 9.17) is 0 Å². The van der Waals surface area contributed by atoms with E-state index in [0.717, 1.165) is 24.1 Å². The van der Waals surface area contributed by atoms with E-state index in [-0.39, 0.29) is 0 Å². The summed E-state index contributed by atoms with van der Waals surface area (Å²) in [6.45, 7) is 14.3. The van der Waals surface area contributed by atoms with Gasteiger partial charge >= 0.3 is 0 Å². The van der Waals surface area contributed by atoms with Crippen LogP contribution in [-0.2, 0) is 0 Å². The summed E-state index contributed by atoms with van der Waals surface area (Å²) in [6.07, 6.45) is 0. The zero-order chi connectivity index (χ0) is 14.4. The second-order valence-electron chi connectivity index (χ2n) is 5.41. The van der Waals surface area contributed by atoms with Crippen molar-refractivity contribution >= 4 is 21.6 Å². The highest BCUT2D eigenvalue weighted by Crippen LogP contribution is 2.30. The Kier molecular flexibility index (Phi) is 6.87. The lowest BCUT2D eigenvalue weighted by atomic mass is 10.0. The van der Waals surface area contributed by atoms with E-state index in [2.05, 4.69) is 79.0 Å². The van der Waals surface area contributed by atoms with E-state index >= 15 is 0 Å². The van der Waals surface area contributed by atoms with Gasteiger partial charge in [-0.1, -0.05) is 36.7 Å². The van der Waals surface area contributed by atoms with Crippen molar-refractivity contribution in [3.63, 3.8) is 0 Å². The highest BCUT2D eigenvalue weighted by Gasteiger charge is 2.15. The number of hydrogen-bond donors (Lipinski definition) is 1. The molecule has 0 aliphatic carbocycles. The van der Waals surface area contributed by atoms with Gasteiger partial charge in [0.15, 0.2) is 0 Å². The van der Waals surface area contributed by atoms with Crippen LogP contribution < -0.4 is 10.2 Å². The second kappa shape index (κ2) is 7.91. The van der Waals surface area contributed by atoms with Gasteiger partial charge in [-0.3, -0.25) is 0 Å². The van der Waals surface area contributed by atoms with E-state index in [9.17, 15) is 0 Å². The van der Waals surface area contributed by atoms with Crippen LogP contribution in [0.15, 0.2) is 22.7 Å². The van der Waals surface area contributed by atoms with Gasteiger partial charge in [0.1, 0.15) is 0 Å². The first kappa shape index (κ1) is 16.5. The molecule has 2 nitrogen and oxygen atoms in total. The van der Waals surface area contributed by atoms with Gasteiger partial charge in [-0.05, 0) is 50.1 Å². The van der Waals surface area contributed by atoms with Crippen LogP contribution in [0.25, 0.3) is 0 Å². The maximum atomic E-state index is 3.59. The van der Waals surface area contributed by atoms with Gasteiger partial charge in [0.05, 0.1) is 0 Å². The molecule has 0 radical (unpaired) electrons. The third-order valence-electron chi connectivity index (χ3n) is 3.27. The normalized spacial score (nSPS) is 12.8. The molecule has 0 saturated carbocycles. The van der Waals surface area contributed by atoms with Gasteiger partial charge in [0.25, 0.3) is 0 Å². The lowest BCUT2D eigenvalue weighted by molar-refractivity contribution is 0.584. The van der Waals surface area contributed by atoms with Crippen LogP contribution in [0.4, 0.5) is 5.69 Å². The summed E-state index contributed by atoms with van der Waals surface area (Å²) in [5.41, 5.74) is 2.73. The minimum atomic E-state index is 0.374. The predicted molar refractivity (Wildman–Crippen MR) is 89.0 cm³/mol. The first-order valence-electron chi connectivity index (χ1n) is 7.27. The molecule has 1 aromatic rings. The maximum absolute atomic E-state index is 3.59. The molecule has 1 rings (SSSR count). The number of anilines is 1. The van der Waals surface area contributed by atoms with E-state index in [1.807, 2.05) is 0 Å². The lowest BCUT2D eigenvalue weighted by Crippen LogP contribution is -2.29. The molecule has 0 aliphatic heterocycles. The summed E-state index contributed by atoms with van der Waals surface area (Å²) in [4.78, 5) is 2.47. The van der Waals surface area contributed by atoms with Gasteiger partial charge < -0.3 is 10.2 Å². The molecule has 0 aromatic heterocycles. The summed E-state index contributed by atoms with van der Waals surface area (Å²) < 4.78 is 1.15. The van der Waals surface area contributed by atoms with E-state index in [0.29, 0.717) is 12.0 Å². The van der Waals surface area contributed by atoms with Crippen LogP contribution in [0.2, 0.25) is 0 Å². The Morgan fingerprint density at radius 3 is 2.42 bits per heavy atom. The number of hydrogen-bond acceptors (Lipinski definition) is 2. The van der Waals surface area contributed by atoms with Crippen LogP contribution in [0, 0.1) is 5.92 Å². The number of halogens is 1. The molecular formula is C16H27BrN2. The standard InChI is InChI=1S/C16H27BrN2/c1-6-18-13(5)15-10-14(17)8-9-16(15)19(7-2)11-12(3)4/h8-10,12-13,18H,6-7,11H2,1-5H3. The SMILES string of the molecule is CCNC(C)c1cc(Br)ccc1N(CC)CC(C)C. The van der Waals surface area contributed by atoms with Crippen molar-refractivity contribution in [3.05, 3.63) is 28.2 Å². The number of benzene rings is 1. The van der Waals surface area contributed by atoms with Gasteiger partial charge in [0, 0.05) is 29.3 Å². The third-order valence-corrected chi connectivity index (χ3v) is 3.77. The molecule has 1 atom stereocenters. The van der Waals surface area contributed by atoms with Crippen LogP contribution in [0.5, 0.6) is 0 Å². The molecule has 0 fully saturated rings. The fraction of sp³-hybridized carbons (Fsp3) is 0.625. The topological polar surface area (TPSA) is 15.3 Å². The summed E-state index contributed by atoms with van der Waals surface area (Å²) >= 11 is 3.59. The third kappa shape index (κ3) is 4.81. The summed E-state index contributed by atoms with van der Waals surface area (Å²) in [5, 5.41) is 3.51. The van der Waals surface area contributed by atoms with Crippen molar-refractivity contribution in [1.82, 2.24) is 5.32 Å². The average molecular weight is 327 g/mol. The first-order valence-corrected chi connectivity index (χ1v) is 8.06. The summed E-state index contributed by atoms with van der Waals surface area (Å²) in [6, 6.07) is 6.99. The van der Waals surface area contributed by atoms with Crippen LogP contribution in [0.3, 0.4) is 0 Å². The molecule has 0 saturated heterocycles. The molecule has 1 unspecified atom stereocenters. The largest absolute Gasteiger partial charge is 0.371 e. The average Bonchev–Trinajstić information content (AvgIpc) is 2.36. The highest BCUT2D eigenvalue weighted by atomic mass is 79.9. The Balaban J connectivity index is 3.10. The number of nitrogens with one attached hydrogen (secondary N) is 1. The molecule has 1 aromatic carbocycles. The van der Waals surface area contributed by atoms with E-state index in [1.54, 1.807) is 0 Å². The maximum Gasteiger partial charge on any atom is 0.0415 e. The van der Waals surface area contributed by atoms with Crippen molar-refractivity contribution in [2.45, 2.75) is 40.7 Å². The van der Waals surface area contributed by atoms with Crippen LogP contribution >= 0.6 is 15.9 Å². The smallest absolute Gasteiger partial charge is 0.0415 e. The fourth-order valence-electron chi connectivity index (χ4n) is 2.41. The first-order chi connectivity index (χ1) is 8.99. The minimum absolute atomic E-state index is 0.374. The Bertz CT molecular complexity index is 390. The number of nitrogens with zero attached hydrogens (tertiary/aromatic N) is 1. The molecule has 0 aliphatic rings. The fourth-order valence-corrected chi connectivity index (χ4v) is 2.79. The van der Waals surface area contributed by atoms with E-state index in [1.165, 1.54) is 11.3 Å². The number of rotatable bonds is 7. The quantitative estimate of drug-likeness (QED) is 0.787. The molecule has 108 valence electrons. The summed E-state index contributed by atoms with van der Waals surface area (Å²) in [5.74, 6) is 0.672. The van der Waals surface area contributed by atoms with Gasteiger partial charge in [0.2, 0.25) is 0 Å². The van der Waals surface area contributed by atoms with Crippen molar-refractivity contribution in [1.29, 1.82) is 0 Å². The van der Waals surface area contributed by atoms with Crippen molar-refractivity contribution in [2.24, 2.45) is 5.92 Å². The highest BCUT2D eigenvalue weighted by molar-refractivity contribution is 9.10. The van der Waals surface area contributed by atoms with Crippen molar-refractivity contribution in [3.8, 4) is 0 Å². The van der Waals surface area contributed by atoms with Crippen molar-refractivity contribution < 1.29 is 0 Å². The molecule has 0 spiro atoms. The van der Waals surface area contributed by atoms with Gasteiger partial charge in [-0.15, -0.1) is 0 Å². The Hall–Kier alpha value is -0.540. The van der Waals surface area contributed by atoms with Crippen LogP contribution in [0.1, 0.15) is 46.2 Å². The van der Waals surface area contributed by atoms with Gasteiger partial charge in [-0.2, -0.15) is 0 Å². The molecule has 0 amide bonds. The molecule has 3 heteroatoms. The Labute approximate surface area is 126 Å². The Morgan fingerprint density at radius 2 is 1.89 bits per heavy atom.